The van der Waals surface area contributed by atoms with E-state index in [1.807, 2.05) is 17.5 Å². The second kappa shape index (κ2) is 6.39. The molecule has 2 unspecified atom stereocenters. The van der Waals surface area contributed by atoms with Gasteiger partial charge in [0.25, 0.3) is 0 Å². The molecule has 25 heavy (non-hydrogen) atoms. The molecule has 2 aromatic rings. The van der Waals surface area contributed by atoms with Gasteiger partial charge in [0.15, 0.2) is 5.78 Å². The van der Waals surface area contributed by atoms with Crippen molar-refractivity contribution in [2.24, 2.45) is 0 Å². The molecule has 0 fully saturated rings. The van der Waals surface area contributed by atoms with Crippen molar-refractivity contribution >= 4 is 34.6 Å². The minimum absolute atomic E-state index is 0.0366. The molecule has 3 nitrogen and oxygen atoms in total. The maximum atomic E-state index is 14.4. The zero-order chi connectivity index (χ0) is 17.6. The monoisotopic (exact) mass is 375 g/mol. The van der Waals surface area contributed by atoms with E-state index in [0.717, 1.165) is 4.88 Å². The number of hydrogen-bond donors (Lipinski definition) is 1. The van der Waals surface area contributed by atoms with Gasteiger partial charge in [-0.1, -0.05) is 23.7 Å². The summed E-state index contributed by atoms with van der Waals surface area (Å²) in [6.45, 7) is 0. The highest BCUT2D eigenvalue weighted by molar-refractivity contribution is 7.10. The van der Waals surface area contributed by atoms with Crippen LogP contribution in [0.1, 0.15) is 41.5 Å². The van der Waals surface area contributed by atoms with Crippen molar-refractivity contribution in [1.29, 1.82) is 0 Å². The number of thiophene rings is 1. The number of rotatable bonds is 2. The van der Waals surface area contributed by atoms with E-state index in [1.165, 1.54) is 12.1 Å². The number of carbonyl (C=O) groups excluding carboxylic acids is 2. The average Bonchev–Trinajstić information content (AvgIpc) is 3.08. The van der Waals surface area contributed by atoms with Crippen molar-refractivity contribution in [1.82, 2.24) is 5.32 Å². The maximum Gasteiger partial charge on any atom is 0.225 e. The summed E-state index contributed by atoms with van der Waals surface area (Å²) >= 11 is 7.80. The van der Waals surface area contributed by atoms with Crippen molar-refractivity contribution in [3.05, 3.63) is 68.3 Å². The lowest BCUT2D eigenvalue weighted by Crippen LogP contribution is -2.38. The second-order valence-corrected chi connectivity index (χ2v) is 7.76. The molecule has 1 aliphatic heterocycles. The fourth-order valence-corrected chi connectivity index (χ4v) is 4.90. The topological polar surface area (TPSA) is 46.2 Å². The molecular formula is C19H15ClFNO2S. The summed E-state index contributed by atoms with van der Waals surface area (Å²) in [7, 11) is 0. The van der Waals surface area contributed by atoms with E-state index in [-0.39, 0.29) is 34.6 Å². The van der Waals surface area contributed by atoms with E-state index in [0.29, 0.717) is 24.1 Å². The first kappa shape index (κ1) is 16.5. The minimum atomic E-state index is -0.616. The quantitative estimate of drug-likeness (QED) is 0.837. The van der Waals surface area contributed by atoms with Crippen LogP contribution < -0.4 is 5.32 Å². The third kappa shape index (κ3) is 2.92. The number of halogens is 2. The largest absolute Gasteiger partial charge is 0.329 e. The van der Waals surface area contributed by atoms with Gasteiger partial charge in [-0.2, -0.15) is 0 Å². The molecule has 128 valence electrons. The van der Waals surface area contributed by atoms with Crippen LogP contribution in [0.5, 0.6) is 0 Å². The lowest BCUT2D eigenvalue weighted by atomic mass is 9.74. The maximum absolute atomic E-state index is 14.4. The number of carbonyl (C=O) groups is 2. The first-order chi connectivity index (χ1) is 12.0. The normalized spacial score (nSPS) is 23.4. The Labute approximate surface area is 153 Å². The van der Waals surface area contributed by atoms with Crippen molar-refractivity contribution in [2.45, 2.75) is 31.1 Å². The van der Waals surface area contributed by atoms with Crippen LogP contribution in [0.3, 0.4) is 0 Å². The zero-order valence-electron chi connectivity index (χ0n) is 13.2. The van der Waals surface area contributed by atoms with E-state index in [4.69, 9.17) is 11.6 Å². The highest BCUT2D eigenvalue weighted by Gasteiger charge is 2.39. The lowest BCUT2D eigenvalue weighted by molar-refractivity contribution is -0.122. The fraction of sp³-hybridized carbons (Fsp3) is 0.263. The average molecular weight is 376 g/mol. The van der Waals surface area contributed by atoms with Crippen LogP contribution in [0.2, 0.25) is 5.02 Å². The number of ketones is 1. The highest BCUT2D eigenvalue weighted by Crippen LogP contribution is 2.45. The summed E-state index contributed by atoms with van der Waals surface area (Å²) in [6.07, 6.45) is 0.989. The third-order valence-corrected chi connectivity index (χ3v) is 6.19. The first-order valence-electron chi connectivity index (χ1n) is 8.08. The molecule has 2 heterocycles. The van der Waals surface area contributed by atoms with Crippen LogP contribution >= 0.6 is 22.9 Å². The Hall–Kier alpha value is -1.98. The molecule has 0 bridgehead atoms. The Morgan fingerprint density at radius 3 is 2.68 bits per heavy atom. The molecule has 0 spiro atoms. The van der Waals surface area contributed by atoms with Gasteiger partial charge < -0.3 is 5.32 Å². The van der Waals surface area contributed by atoms with Gasteiger partial charge in [-0.25, -0.2) is 4.39 Å². The van der Waals surface area contributed by atoms with E-state index in [9.17, 15) is 14.0 Å². The van der Waals surface area contributed by atoms with Crippen molar-refractivity contribution < 1.29 is 14.0 Å². The number of benzene rings is 1. The molecule has 4 rings (SSSR count). The Morgan fingerprint density at radius 1 is 1.12 bits per heavy atom. The Balaban J connectivity index is 1.79. The molecule has 1 N–H and O–H groups in total. The molecule has 1 aliphatic carbocycles. The molecule has 2 aliphatic rings. The summed E-state index contributed by atoms with van der Waals surface area (Å²) < 4.78 is 14.4. The predicted molar refractivity (Wildman–Crippen MR) is 95.2 cm³/mol. The van der Waals surface area contributed by atoms with Crippen LogP contribution in [0.25, 0.3) is 0 Å². The molecule has 1 amide bonds. The summed E-state index contributed by atoms with van der Waals surface area (Å²) in [6, 6.07) is 8.39. The van der Waals surface area contributed by atoms with Gasteiger partial charge in [-0.3, -0.25) is 9.59 Å². The lowest BCUT2D eigenvalue weighted by Gasteiger charge is -2.34. The Kier molecular flexibility index (Phi) is 4.21. The van der Waals surface area contributed by atoms with Crippen LogP contribution in [0.15, 0.2) is 47.0 Å². The summed E-state index contributed by atoms with van der Waals surface area (Å²) in [5, 5.41) is 5.07. The van der Waals surface area contributed by atoms with Gasteiger partial charge in [0.05, 0.1) is 0 Å². The van der Waals surface area contributed by atoms with Gasteiger partial charge in [0, 0.05) is 51.4 Å². The summed E-state index contributed by atoms with van der Waals surface area (Å²) in [5.74, 6) is -1.28. The second-order valence-electron chi connectivity index (χ2n) is 6.38. The third-order valence-electron chi connectivity index (χ3n) is 4.83. The van der Waals surface area contributed by atoms with Gasteiger partial charge in [0.2, 0.25) is 5.91 Å². The fourth-order valence-electron chi connectivity index (χ4n) is 3.78. The first-order valence-corrected chi connectivity index (χ1v) is 9.33. The number of nitrogens with one attached hydrogen (secondary N) is 1. The predicted octanol–water partition coefficient (Wildman–Crippen LogP) is 4.54. The molecule has 6 heteroatoms. The number of hydrogen-bond acceptors (Lipinski definition) is 3. The van der Waals surface area contributed by atoms with Crippen LogP contribution in [0, 0.1) is 5.82 Å². The smallest absolute Gasteiger partial charge is 0.225 e. The highest BCUT2D eigenvalue weighted by atomic mass is 35.5. The molecule has 0 saturated heterocycles. The van der Waals surface area contributed by atoms with Crippen molar-refractivity contribution in [2.75, 3.05) is 0 Å². The van der Waals surface area contributed by atoms with Crippen molar-refractivity contribution in [3.8, 4) is 0 Å². The van der Waals surface area contributed by atoms with Crippen LogP contribution in [-0.4, -0.2) is 11.7 Å². The minimum Gasteiger partial charge on any atom is -0.329 e. The van der Waals surface area contributed by atoms with Gasteiger partial charge in [-0.05, 0) is 30.0 Å². The van der Waals surface area contributed by atoms with Crippen LogP contribution in [-0.2, 0) is 9.59 Å². The SMILES string of the molecule is O=C1CC(c2c(F)cccc2Cl)C2=C(CC(c3cccs3)CC2=O)N1. The van der Waals surface area contributed by atoms with Gasteiger partial charge in [-0.15, -0.1) is 11.3 Å². The summed E-state index contributed by atoms with van der Waals surface area (Å²) in [5.41, 5.74) is 1.38. The molecule has 0 saturated carbocycles. The Bertz CT molecular complexity index is 871. The zero-order valence-corrected chi connectivity index (χ0v) is 14.8. The number of allylic oxidation sites excluding steroid dienone is 2. The van der Waals surface area contributed by atoms with Gasteiger partial charge in [0.1, 0.15) is 5.82 Å². The molecular weight excluding hydrogens is 361 g/mol. The number of amides is 1. The van der Waals surface area contributed by atoms with Crippen LogP contribution in [0.4, 0.5) is 4.39 Å². The summed E-state index contributed by atoms with van der Waals surface area (Å²) in [4.78, 5) is 26.2. The Morgan fingerprint density at radius 2 is 1.96 bits per heavy atom. The van der Waals surface area contributed by atoms with Crippen molar-refractivity contribution in [3.63, 3.8) is 0 Å². The molecule has 2 atom stereocenters. The standard InChI is InChI=1S/C19H15ClFNO2S/c20-12-3-1-4-13(21)18(12)11-9-17(24)22-14-7-10(8-15(23)19(11)14)16-5-2-6-25-16/h1-6,10-11H,7-9H2,(H,22,24). The van der Waals surface area contributed by atoms with E-state index in [1.54, 1.807) is 17.4 Å². The molecule has 1 aromatic heterocycles. The van der Waals surface area contributed by atoms with E-state index in [2.05, 4.69) is 5.32 Å². The van der Waals surface area contributed by atoms with E-state index < -0.39 is 11.7 Å². The van der Waals surface area contributed by atoms with E-state index >= 15 is 0 Å². The molecule has 0 radical (unpaired) electrons. The molecule has 1 aromatic carbocycles. The van der Waals surface area contributed by atoms with Gasteiger partial charge >= 0.3 is 0 Å². The number of Topliss-reactive ketones (excluding diaryl/α,β-unsaturated/α-hetero) is 1.